The number of nitrogens with one attached hydrogen (secondary N) is 2. The van der Waals surface area contributed by atoms with E-state index in [1.54, 1.807) is 0 Å². The van der Waals surface area contributed by atoms with Gasteiger partial charge in [-0.2, -0.15) is 13.2 Å². The number of hydrogen-bond acceptors (Lipinski definition) is 5. The number of amides is 2. The number of alkyl halides is 3. The largest absolute Gasteiger partial charge is 0.496 e. The van der Waals surface area contributed by atoms with Crippen LogP contribution in [0.4, 0.5) is 27.6 Å². The van der Waals surface area contributed by atoms with Gasteiger partial charge in [-0.15, -0.1) is 0 Å². The Morgan fingerprint density at radius 3 is 2.21 bits per heavy atom. The lowest BCUT2D eigenvalue weighted by Gasteiger charge is -2.27. The molecular formula is C29H29F5N2O6. The fourth-order valence-corrected chi connectivity index (χ4v) is 5.10. The minimum absolute atomic E-state index is 0.0840. The fourth-order valence-electron chi connectivity index (χ4n) is 5.10. The van der Waals surface area contributed by atoms with Crippen LogP contribution in [-0.4, -0.2) is 36.1 Å². The van der Waals surface area contributed by atoms with Crippen LogP contribution < -0.4 is 20.1 Å². The lowest BCUT2D eigenvalue weighted by atomic mass is 9.87. The zero-order chi connectivity index (χ0) is 30.6. The predicted molar refractivity (Wildman–Crippen MR) is 140 cm³/mol. The zero-order valence-corrected chi connectivity index (χ0v) is 22.6. The Balaban J connectivity index is 1.53. The van der Waals surface area contributed by atoms with E-state index >= 15 is 0 Å². The van der Waals surface area contributed by atoms with E-state index in [-0.39, 0.29) is 46.9 Å². The Morgan fingerprint density at radius 1 is 0.881 bits per heavy atom. The monoisotopic (exact) mass is 596 g/mol. The summed E-state index contributed by atoms with van der Waals surface area (Å²) in [6.45, 7) is 0. The van der Waals surface area contributed by atoms with Crippen molar-refractivity contribution in [1.82, 2.24) is 5.32 Å². The lowest BCUT2D eigenvalue weighted by molar-refractivity contribution is -0.143. The van der Waals surface area contributed by atoms with Crippen LogP contribution >= 0.6 is 0 Å². The molecule has 13 heteroatoms. The number of benzene rings is 2. The quantitative estimate of drug-likeness (QED) is 0.312. The number of halogens is 5. The first-order valence-electron chi connectivity index (χ1n) is 13.4. The summed E-state index contributed by atoms with van der Waals surface area (Å²) >= 11 is 0. The normalized spacial score (nSPS) is 19.2. The highest BCUT2D eigenvalue weighted by molar-refractivity contribution is 6.05. The number of allylic oxidation sites excluding steroid dienone is 1. The van der Waals surface area contributed by atoms with Gasteiger partial charge >= 0.3 is 12.1 Å². The summed E-state index contributed by atoms with van der Waals surface area (Å²) in [6.07, 6.45) is -2.14. The molecule has 0 radical (unpaired) electrons. The van der Waals surface area contributed by atoms with Gasteiger partial charge in [0.1, 0.15) is 11.6 Å². The highest BCUT2D eigenvalue weighted by atomic mass is 19.4. The SMILES string of the molecule is COc1cc(F)c(OC2CCC(C(=O)O)CC2)cc1C(=O)NC1=C(C(=O)Nc2ccc(F)c(C(F)(F)F)c2)CCCC1. The molecule has 2 aliphatic rings. The van der Waals surface area contributed by atoms with Crippen LogP contribution in [0.2, 0.25) is 0 Å². The van der Waals surface area contributed by atoms with E-state index in [9.17, 15) is 41.4 Å². The maximum absolute atomic E-state index is 14.8. The number of aliphatic carboxylic acids is 1. The molecule has 2 aromatic carbocycles. The standard InChI is InChI=1S/C29H29F5N2O6/c1-41-24-14-22(31)25(42-17-9-6-15(7-10-17)28(39)40)13-19(24)27(38)36-23-5-3-2-4-18(23)26(37)35-16-8-11-21(30)20(12-16)29(32,33)34/h8,11-15,17H,2-7,9-10H2,1H3,(H,35,37)(H,36,38)(H,39,40). The first-order chi connectivity index (χ1) is 19.9. The maximum Gasteiger partial charge on any atom is 0.419 e. The molecule has 0 heterocycles. The molecule has 8 nitrogen and oxygen atoms in total. The van der Waals surface area contributed by atoms with E-state index in [0.717, 1.165) is 12.1 Å². The molecule has 3 N–H and O–H groups in total. The molecule has 42 heavy (non-hydrogen) atoms. The Kier molecular flexibility index (Phi) is 9.37. The minimum atomic E-state index is -4.96. The van der Waals surface area contributed by atoms with Crippen molar-refractivity contribution in [2.75, 3.05) is 12.4 Å². The van der Waals surface area contributed by atoms with Gasteiger partial charge in [0.05, 0.1) is 30.3 Å². The second-order valence-corrected chi connectivity index (χ2v) is 10.2. The molecule has 0 saturated heterocycles. The molecule has 2 aromatic rings. The topological polar surface area (TPSA) is 114 Å². The van der Waals surface area contributed by atoms with E-state index < -0.39 is 53.2 Å². The zero-order valence-electron chi connectivity index (χ0n) is 22.6. The van der Waals surface area contributed by atoms with Gasteiger partial charge in [-0.3, -0.25) is 14.4 Å². The van der Waals surface area contributed by atoms with Gasteiger partial charge < -0.3 is 25.2 Å². The van der Waals surface area contributed by atoms with Gasteiger partial charge in [0, 0.05) is 23.0 Å². The number of hydrogen-bond donors (Lipinski definition) is 3. The number of methoxy groups -OCH3 is 1. The molecular weight excluding hydrogens is 567 g/mol. The molecule has 2 aliphatic carbocycles. The number of carboxylic acids is 1. The van der Waals surface area contributed by atoms with Gasteiger partial charge in [-0.1, -0.05) is 0 Å². The predicted octanol–water partition coefficient (Wildman–Crippen LogP) is 6.21. The van der Waals surface area contributed by atoms with E-state index in [4.69, 9.17) is 9.47 Å². The molecule has 0 atom stereocenters. The second kappa shape index (κ2) is 12.8. The third-order valence-electron chi connectivity index (χ3n) is 7.35. The van der Waals surface area contributed by atoms with E-state index in [2.05, 4.69) is 10.6 Å². The van der Waals surface area contributed by atoms with Crippen molar-refractivity contribution in [2.45, 2.75) is 63.6 Å². The van der Waals surface area contributed by atoms with Crippen molar-refractivity contribution in [3.8, 4) is 11.5 Å². The Labute approximate surface area is 237 Å². The molecule has 0 spiro atoms. The maximum atomic E-state index is 14.8. The summed E-state index contributed by atoms with van der Waals surface area (Å²) in [5.74, 6) is -5.43. The van der Waals surface area contributed by atoms with Crippen molar-refractivity contribution >= 4 is 23.5 Å². The third-order valence-corrected chi connectivity index (χ3v) is 7.35. The molecule has 0 bridgehead atoms. The first-order valence-corrected chi connectivity index (χ1v) is 13.4. The molecule has 0 unspecified atom stereocenters. The Morgan fingerprint density at radius 2 is 1.57 bits per heavy atom. The smallest absolute Gasteiger partial charge is 0.419 e. The van der Waals surface area contributed by atoms with Crippen LogP contribution in [0, 0.1) is 17.6 Å². The van der Waals surface area contributed by atoms with Crippen molar-refractivity contribution < 1.29 is 50.9 Å². The summed E-state index contributed by atoms with van der Waals surface area (Å²) in [7, 11) is 1.25. The molecule has 0 aliphatic heterocycles. The molecule has 0 aromatic heterocycles. The van der Waals surface area contributed by atoms with Gasteiger partial charge in [0.2, 0.25) is 0 Å². The fraction of sp³-hybridized carbons (Fsp3) is 0.414. The number of carboxylic acid groups (broad SMARTS) is 1. The number of carbonyl (C=O) groups excluding carboxylic acids is 2. The highest BCUT2D eigenvalue weighted by Gasteiger charge is 2.34. The van der Waals surface area contributed by atoms with Crippen LogP contribution in [0.3, 0.4) is 0 Å². The van der Waals surface area contributed by atoms with E-state index in [1.165, 1.54) is 13.2 Å². The first kappa shape index (κ1) is 30.8. The van der Waals surface area contributed by atoms with Crippen LogP contribution in [0.1, 0.15) is 67.3 Å². The molecule has 2 amide bonds. The number of ether oxygens (including phenoxy) is 2. The second-order valence-electron chi connectivity index (χ2n) is 10.2. The van der Waals surface area contributed by atoms with Crippen molar-refractivity contribution in [3.63, 3.8) is 0 Å². The van der Waals surface area contributed by atoms with Gasteiger partial charge in [0.15, 0.2) is 11.6 Å². The molecule has 226 valence electrons. The van der Waals surface area contributed by atoms with E-state index in [1.807, 2.05) is 0 Å². The molecule has 4 rings (SSSR count). The number of rotatable bonds is 8. The Bertz CT molecular complexity index is 1400. The average molecular weight is 597 g/mol. The highest BCUT2D eigenvalue weighted by Crippen LogP contribution is 2.35. The van der Waals surface area contributed by atoms with Crippen molar-refractivity contribution in [2.24, 2.45) is 5.92 Å². The average Bonchev–Trinajstić information content (AvgIpc) is 2.94. The summed E-state index contributed by atoms with van der Waals surface area (Å²) in [6, 6.07) is 4.27. The third kappa shape index (κ3) is 7.18. The molecule has 1 saturated carbocycles. The van der Waals surface area contributed by atoms with Crippen LogP contribution in [0.25, 0.3) is 0 Å². The van der Waals surface area contributed by atoms with Crippen LogP contribution in [0.15, 0.2) is 41.6 Å². The summed E-state index contributed by atoms with van der Waals surface area (Å²) in [5.41, 5.74) is -1.50. The lowest BCUT2D eigenvalue weighted by Crippen LogP contribution is -2.30. The summed E-state index contributed by atoms with van der Waals surface area (Å²) in [4.78, 5) is 37.5. The summed E-state index contributed by atoms with van der Waals surface area (Å²) in [5, 5.41) is 14.2. The van der Waals surface area contributed by atoms with Gasteiger partial charge in [0.25, 0.3) is 11.8 Å². The van der Waals surface area contributed by atoms with Crippen molar-refractivity contribution in [3.05, 3.63) is 64.4 Å². The summed E-state index contributed by atoms with van der Waals surface area (Å²) < 4.78 is 78.8. The number of carbonyl (C=O) groups is 3. The number of anilines is 1. The Hall–Kier alpha value is -4.16. The van der Waals surface area contributed by atoms with Gasteiger partial charge in [-0.05, 0) is 75.6 Å². The molecule has 1 fully saturated rings. The van der Waals surface area contributed by atoms with Crippen LogP contribution in [-0.2, 0) is 15.8 Å². The minimum Gasteiger partial charge on any atom is -0.496 e. The van der Waals surface area contributed by atoms with Gasteiger partial charge in [-0.25, -0.2) is 8.78 Å². The van der Waals surface area contributed by atoms with Crippen LogP contribution in [0.5, 0.6) is 11.5 Å². The van der Waals surface area contributed by atoms with Crippen molar-refractivity contribution in [1.29, 1.82) is 0 Å². The van der Waals surface area contributed by atoms with E-state index in [0.29, 0.717) is 50.7 Å².